The second kappa shape index (κ2) is 3.47. The number of aryl methyl sites for hydroxylation is 2. The minimum absolute atomic E-state index is 0.109. The number of aromatic nitrogens is 2. The van der Waals surface area contributed by atoms with E-state index in [2.05, 4.69) is 11.7 Å². The third-order valence-corrected chi connectivity index (χ3v) is 1.60. The average molecular weight is 178 g/mol. The molecule has 0 aliphatic heterocycles. The smallest absolute Gasteiger partial charge is 0.212 e. The lowest BCUT2D eigenvalue weighted by Crippen LogP contribution is -2.00. The molecule has 0 aromatic carbocycles. The molecule has 1 heterocycles. The molecule has 0 amide bonds. The van der Waals surface area contributed by atoms with E-state index < -0.39 is 0 Å². The van der Waals surface area contributed by atoms with Crippen LogP contribution in [-0.4, -0.2) is 14.9 Å². The number of aliphatic hydroxyl groups is 1. The van der Waals surface area contributed by atoms with Crippen molar-refractivity contribution < 1.29 is 5.11 Å². The zero-order chi connectivity index (χ0) is 10.0. The molecule has 0 aliphatic carbocycles. The van der Waals surface area contributed by atoms with Crippen molar-refractivity contribution in [3.8, 4) is 0 Å². The van der Waals surface area contributed by atoms with Gasteiger partial charge in [0, 0.05) is 11.8 Å². The molecular weight excluding hydrogens is 164 g/mol. The Morgan fingerprint density at radius 1 is 1.62 bits per heavy atom. The fourth-order valence-corrected chi connectivity index (χ4v) is 1.14. The van der Waals surface area contributed by atoms with E-state index in [9.17, 15) is 5.11 Å². The van der Waals surface area contributed by atoms with Gasteiger partial charge < -0.3 is 5.11 Å². The zero-order valence-corrected chi connectivity index (χ0v) is 8.20. The van der Waals surface area contributed by atoms with E-state index in [1.165, 1.54) is 4.68 Å². The van der Waals surface area contributed by atoms with Crippen molar-refractivity contribution in [3.63, 3.8) is 0 Å². The molecule has 0 aliphatic rings. The van der Waals surface area contributed by atoms with Crippen LogP contribution in [0.1, 0.15) is 18.3 Å². The van der Waals surface area contributed by atoms with Crippen LogP contribution in [-0.2, 0) is 0 Å². The highest BCUT2D eigenvalue weighted by molar-refractivity contribution is 5.41. The first kappa shape index (κ1) is 9.58. The zero-order valence-electron chi connectivity index (χ0n) is 8.20. The molecule has 1 N–H and O–H groups in total. The molecule has 3 nitrogen and oxygen atoms in total. The summed E-state index contributed by atoms with van der Waals surface area (Å²) in [5, 5.41) is 13.7. The number of allylic oxidation sites excluding steroid dienone is 2. The van der Waals surface area contributed by atoms with Crippen LogP contribution in [0.4, 0.5) is 0 Å². The Balaban J connectivity index is 3.08. The van der Waals surface area contributed by atoms with E-state index in [4.69, 9.17) is 0 Å². The average Bonchev–Trinajstić information content (AvgIpc) is 2.28. The van der Waals surface area contributed by atoms with E-state index in [1.54, 1.807) is 6.08 Å². The highest BCUT2D eigenvalue weighted by Crippen LogP contribution is 2.08. The molecule has 3 heteroatoms. The van der Waals surface area contributed by atoms with Crippen molar-refractivity contribution >= 4 is 5.88 Å². The molecule has 1 aromatic heterocycles. The summed E-state index contributed by atoms with van der Waals surface area (Å²) in [6, 6.07) is 1.91. The molecule has 0 bridgehead atoms. The molecular formula is C10H14N2O. The van der Waals surface area contributed by atoms with Crippen LogP contribution >= 0.6 is 0 Å². The lowest BCUT2D eigenvalue weighted by atomic mass is 10.3. The van der Waals surface area contributed by atoms with E-state index >= 15 is 0 Å². The molecule has 1 rings (SSSR count). The lowest BCUT2D eigenvalue weighted by Gasteiger charge is -2.01. The number of aliphatic hydroxyl groups excluding tert-OH is 1. The first-order chi connectivity index (χ1) is 6.00. The molecule has 0 fully saturated rings. The van der Waals surface area contributed by atoms with Gasteiger partial charge in [-0.1, -0.05) is 12.2 Å². The molecule has 70 valence electrons. The Morgan fingerprint density at radius 2 is 2.23 bits per heavy atom. The summed E-state index contributed by atoms with van der Waals surface area (Å²) in [5.74, 6) is 0.109. The van der Waals surface area contributed by atoms with Crippen molar-refractivity contribution in [2.75, 3.05) is 0 Å². The van der Waals surface area contributed by atoms with Gasteiger partial charge in [-0.3, -0.25) is 0 Å². The molecule has 0 spiro atoms. The van der Waals surface area contributed by atoms with Gasteiger partial charge in [-0.05, 0) is 26.8 Å². The second-order valence-electron chi connectivity index (χ2n) is 3.19. The van der Waals surface area contributed by atoms with Crippen molar-refractivity contribution in [3.05, 3.63) is 35.7 Å². The summed E-state index contributed by atoms with van der Waals surface area (Å²) in [6.07, 6.45) is 1.58. The van der Waals surface area contributed by atoms with Crippen LogP contribution in [0.15, 0.2) is 24.3 Å². The van der Waals surface area contributed by atoms with Crippen LogP contribution in [0.3, 0.4) is 0 Å². The number of hydrogen-bond acceptors (Lipinski definition) is 2. The Kier molecular flexibility index (Phi) is 2.56. The first-order valence-electron chi connectivity index (χ1n) is 4.10. The fraction of sp³-hybridized carbons (Fsp3) is 0.300. The molecule has 0 saturated heterocycles. The van der Waals surface area contributed by atoms with Gasteiger partial charge in [0.25, 0.3) is 0 Å². The number of rotatable bonds is 2. The summed E-state index contributed by atoms with van der Waals surface area (Å²) in [6.45, 7) is 9.28. The molecule has 0 unspecified atom stereocenters. The Hall–Kier alpha value is -1.51. The van der Waals surface area contributed by atoms with Gasteiger partial charge >= 0.3 is 0 Å². The summed E-state index contributed by atoms with van der Waals surface area (Å²) < 4.78 is 1.49. The van der Waals surface area contributed by atoms with Gasteiger partial charge in [-0.15, -0.1) is 0 Å². The monoisotopic (exact) mass is 178 g/mol. The predicted molar refractivity (Wildman–Crippen MR) is 53.4 cm³/mol. The first-order valence-corrected chi connectivity index (χ1v) is 4.10. The van der Waals surface area contributed by atoms with Gasteiger partial charge in [-0.2, -0.15) is 5.10 Å². The quantitative estimate of drug-likeness (QED) is 0.558. The van der Waals surface area contributed by atoms with Crippen LogP contribution < -0.4 is 0 Å². The summed E-state index contributed by atoms with van der Waals surface area (Å²) in [4.78, 5) is 0. The van der Waals surface area contributed by atoms with E-state index in [0.29, 0.717) is 0 Å². The molecule has 0 saturated carbocycles. The van der Waals surface area contributed by atoms with Gasteiger partial charge in [0.2, 0.25) is 5.88 Å². The van der Waals surface area contributed by atoms with Crippen LogP contribution in [0, 0.1) is 13.8 Å². The fourth-order valence-electron chi connectivity index (χ4n) is 1.14. The topological polar surface area (TPSA) is 38.0 Å². The largest absolute Gasteiger partial charge is 0.493 e. The normalized spacial score (nSPS) is 11.8. The third kappa shape index (κ3) is 2.21. The molecule has 0 radical (unpaired) electrons. The van der Waals surface area contributed by atoms with Gasteiger partial charge in [0.05, 0.1) is 5.69 Å². The summed E-state index contributed by atoms with van der Waals surface area (Å²) in [7, 11) is 0. The summed E-state index contributed by atoms with van der Waals surface area (Å²) >= 11 is 0. The maximum atomic E-state index is 9.59. The van der Waals surface area contributed by atoms with Crippen molar-refractivity contribution in [2.24, 2.45) is 0 Å². The maximum Gasteiger partial charge on any atom is 0.212 e. The number of nitrogens with zero attached hydrogens (tertiary/aromatic N) is 2. The molecule has 1 aromatic rings. The minimum Gasteiger partial charge on any atom is -0.493 e. The Morgan fingerprint density at radius 3 is 2.62 bits per heavy atom. The van der Waals surface area contributed by atoms with Crippen LogP contribution in [0.5, 0.6) is 0 Å². The van der Waals surface area contributed by atoms with Crippen molar-refractivity contribution in [1.82, 2.24) is 9.78 Å². The highest BCUT2D eigenvalue weighted by Gasteiger charge is 2.03. The van der Waals surface area contributed by atoms with E-state index in [1.807, 2.05) is 26.8 Å². The van der Waals surface area contributed by atoms with Crippen LogP contribution in [0.25, 0.3) is 5.88 Å². The predicted octanol–water partition coefficient (Wildman–Crippen LogP) is 2.43. The third-order valence-electron chi connectivity index (χ3n) is 1.60. The maximum absolute atomic E-state index is 9.59. The molecule has 0 atom stereocenters. The standard InChI is InChI=1S/C10H14N2O/c1-7(2)5-10(13)12-9(4)6-8(3)11-12/h5-6,13H,1H2,2-4H3/b10-5+. The Bertz CT molecular complexity index is 361. The minimum atomic E-state index is 0.109. The van der Waals surface area contributed by atoms with E-state index in [0.717, 1.165) is 17.0 Å². The van der Waals surface area contributed by atoms with Crippen molar-refractivity contribution in [2.45, 2.75) is 20.8 Å². The van der Waals surface area contributed by atoms with E-state index in [-0.39, 0.29) is 5.88 Å². The lowest BCUT2D eigenvalue weighted by molar-refractivity contribution is 0.454. The molecule has 13 heavy (non-hydrogen) atoms. The SMILES string of the molecule is C=C(C)/C=C(/O)n1nc(C)cc1C. The highest BCUT2D eigenvalue weighted by atomic mass is 16.3. The van der Waals surface area contributed by atoms with Gasteiger partial charge in [0.1, 0.15) is 0 Å². The summed E-state index contributed by atoms with van der Waals surface area (Å²) in [5.41, 5.74) is 2.59. The Labute approximate surface area is 78.0 Å². The van der Waals surface area contributed by atoms with Crippen molar-refractivity contribution in [1.29, 1.82) is 0 Å². The number of hydrogen-bond donors (Lipinski definition) is 1. The van der Waals surface area contributed by atoms with Crippen LogP contribution in [0.2, 0.25) is 0 Å². The van der Waals surface area contributed by atoms with Gasteiger partial charge in [0.15, 0.2) is 0 Å². The van der Waals surface area contributed by atoms with Gasteiger partial charge in [-0.25, -0.2) is 4.68 Å². The second-order valence-corrected chi connectivity index (χ2v) is 3.19.